The van der Waals surface area contributed by atoms with Crippen LogP contribution in [0.3, 0.4) is 0 Å². The molecule has 5 heteroatoms. The number of rotatable bonds is 8. The van der Waals surface area contributed by atoms with E-state index in [2.05, 4.69) is 11.8 Å². The molecular formula is C10H16O5. The summed E-state index contributed by atoms with van der Waals surface area (Å²) in [6.07, 6.45) is 0. The topological polar surface area (TPSA) is 54.0 Å². The molecule has 0 saturated carbocycles. The Labute approximate surface area is 89.6 Å². The zero-order valence-corrected chi connectivity index (χ0v) is 9.08. The van der Waals surface area contributed by atoms with Crippen molar-refractivity contribution in [2.75, 3.05) is 40.3 Å². The summed E-state index contributed by atoms with van der Waals surface area (Å²) in [5.74, 6) is 4.76. The highest BCUT2D eigenvalue weighted by Crippen LogP contribution is 1.83. The maximum absolute atomic E-state index is 10.9. The maximum atomic E-state index is 10.9. The Kier molecular flexibility index (Phi) is 10.2. The van der Waals surface area contributed by atoms with Gasteiger partial charge in [0.05, 0.1) is 13.2 Å². The lowest BCUT2D eigenvalue weighted by Gasteiger charge is -2.04. The van der Waals surface area contributed by atoms with Gasteiger partial charge in [0.2, 0.25) is 0 Å². The van der Waals surface area contributed by atoms with Gasteiger partial charge in [-0.05, 0) is 6.92 Å². The fraction of sp³-hybridized carbons (Fsp3) is 0.700. The van der Waals surface area contributed by atoms with Gasteiger partial charge in [-0.25, -0.2) is 4.79 Å². The first-order chi connectivity index (χ1) is 7.31. The van der Waals surface area contributed by atoms with Crippen LogP contribution in [0.25, 0.3) is 0 Å². The fourth-order valence-corrected chi connectivity index (χ4v) is 0.616. The molecule has 15 heavy (non-hydrogen) atoms. The van der Waals surface area contributed by atoms with Gasteiger partial charge in [0, 0.05) is 7.11 Å². The molecule has 0 amide bonds. The largest absolute Gasteiger partial charge is 0.451 e. The van der Waals surface area contributed by atoms with Gasteiger partial charge in [-0.3, -0.25) is 0 Å². The first kappa shape index (κ1) is 13.9. The van der Waals surface area contributed by atoms with Crippen molar-refractivity contribution in [3.63, 3.8) is 0 Å². The third-order valence-corrected chi connectivity index (χ3v) is 1.30. The van der Waals surface area contributed by atoms with E-state index in [0.29, 0.717) is 13.2 Å². The van der Waals surface area contributed by atoms with Crippen molar-refractivity contribution in [3.8, 4) is 11.8 Å². The number of carbonyl (C=O) groups excluding carboxylic acids is 1. The Hall–Kier alpha value is -1.09. The standard InChI is InChI=1S/C10H16O5/c1-3-4-5-15-10(11)8-14-9-13-7-6-12-2/h5-9H2,1-2H3. The first-order valence-electron chi connectivity index (χ1n) is 4.51. The van der Waals surface area contributed by atoms with Gasteiger partial charge < -0.3 is 18.9 Å². The average molecular weight is 216 g/mol. The summed E-state index contributed by atoms with van der Waals surface area (Å²) >= 11 is 0. The molecule has 0 heterocycles. The molecule has 0 rings (SSSR count). The van der Waals surface area contributed by atoms with Crippen molar-refractivity contribution >= 4 is 5.97 Å². The molecule has 0 bridgehead atoms. The van der Waals surface area contributed by atoms with Crippen molar-refractivity contribution in [2.24, 2.45) is 0 Å². The van der Waals surface area contributed by atoms with E-state index in [1.807, 2.05) is 0 Å². The molecule has 0 aromatic heterocycles. The molecule has 0 saturated heterocycles. The fourth-order valence-electron chi connectivity index (χ4n) is 0.616. The quantitative estimate of drug-likeness (QED) is 0.251. The Bertz CT molecular complexity index is 216. The molecule has 86 valence electrons. The number of esters is 1. The molecule has 0 aliphatic rings. The number of hydrogen-bond acceptors (Lipinski definition) is 5. The van der Waals surface area contributed by atoms with Gasteiger partial charge in [-0.15, -0.1) is 5.92 Å². The Morgan fingerprint density at radius 1 is 1.27 bits per heavy atom. The maximum Gasteiger partial charge on any atom is 0.333 e. The molecular weight excluding hydrogens is 200 g/mol. The minimum absolute atomic E-state index is 0.0535. The summed E-state index contributed by atoms with van der Waals surface area (Å²) < 4.78 is 19.3. The smallest absolute Gasteiger partial charge is 0.333 e. The van der Waals surface area contributed by atoms with E-state index in [4.69, 9.17) is 18.9 Å². The van der Waals surface area contributed by atoms with E-state index >= 15 is 0 Å². The van der Waals surface area contributed by atoms with Crippen LogP contribution in [-0.2, 0) is 23.7 Å². The average Bonchev–Trinajstić information content (AvgIpc) is 2.23. The van der Waals surface area contributed by atoms with Crippen LogP contribution in [0.5, 0.6) is 0 Å². The zero-order chi connectivity index (χ0) is 11.4. The van der Waals surface area contributed by atoms with Crippen LogP contribution < -0.4 is 0 Å². The molecule has 0 radical (unpaired) electrons. The second kappa shape index (κ2) is 11.0. The highest BCUT2D eigenvalue weighted by molar-refractivity contribution is 5.70. The monoisotopic (exact) mass is 216 g/mol. The number of carbonyl (C=O) groups is 1. The molecule has 0 aliphatic carbocycles. The molecule has 0 spiro atoms. The normalized spacial score (nSPS) is 9.20. The second-order valence-corrected chi connectivity index (χ2v) is 2.45. The third kappa shape index (κ3) is 10.8. The van der Waals surface area contributed by atoms with E-state index in [1.165, 1.54) is 0 Å². The SMILES string of the molecule is CC#CCOC(=O)COCOCCOC. The summed E-state index contributed by atoms with van der Waals surface area (Å²) in [5.41, 5.74) is 0. The zero-order valence-electron chi connectivity index (χ0n) is 9.08. The minimum Gasteiger partial charge on any atom is -0.451 e. The van der Waals surface area contributed by atoms with E-state index in [9.17, 15) is 4.79 Å². The van der Waals surface area contributed by atoms with Crippen LogP contribution in [-0.4, -0.2) is 46.3 Å². The summed E-state index contributed by atoms with van der Waals surface area (Å²) in [4.78, 5) is 10.9. The molecule has 0 N–H and O–H groups in total. The second-order valence-electron chi connectivity index (χ2n) is 2.45. The highest BCUT2D eigenvalue weighted by Gasteiger charge is 2.00. The van der Waals surface area contributed by atoms with Crippen molar-refractivity contribution in [3.05, 3.63) is 0 Å². The third-order valence-electron chi connectivity index (χ3n) is 1.30. The Morgan fingerprint density at radius 2 is 2.07 bits per heavy atom. The lowest BCUT2D eigenvalue weighted by atomic mass is 10.6. The van der Waals surface area contributed by atoms with Gasteiger partial charge >= 0.3 is 5.97 Å². The van der Waals surface area contributed by atoms with Gasteiger partial charge in [0.25, 0.3) is 0 Å². The highest BCUT2D eigenvalue weighted by atomic mass is 16.7. The number of hydrogen-bond donors (Lipinski definition) is 0. The molecule has 0 aromatic carbocycles. The summed E-state index contributed by atoms with van der Waals surface area (Å²) in [6.45, 7) is 2.64. The number of ether oxygens (including phenoxy) is 4. The van der Waals surface area contributed by atoms with Crippen molar-refractivity contribution in [1.29, 1.82) is 0 Å². The van der Waals surface area contributed by atoms with E-state index in [0.717, 1.165) is 0 Å². The molecule has 5 nitrogen and oxygen atoms in total. The van der Waals surface area contributed by atoms with Crippen LogP contribution in [0, 0.1) is 11.8 Å². The van der Waals surface area contributed by atoms with Crippen LogP contribution in [0.2, 0.25) is 0 Å². The van der Waals surface area contributed by atoms with Crippen molar-refractivity contribution in [2.45, 2.75) is 6.92 Å². The van der Waals surface area contributed by atoms with Crippen molar-refractivity contribution < 1.29 is 23.7 Å². The summed E-state index contributed by atoms with van der Waals surface area (Å²) in [5, 5.41) is 0. The molecule has 0 aromatic rings. The lowest BCUT2D eigenvalue weighted by Crippen LogP contribution is -2.15. The van der Waals surface area contributed by atoms with E-state index in [-0.39, 0.29) is 20.0 Å². The van der Waals surface area contributed by atoms with Gasteiger partial charge in [-0.1, -0.05) is 5.92 Å². The molecule has 0 fully saturated rings. The van der Waals surface area contributed by atoms with Crippen molar-refractivity contribution in [1.82, 2.24) is 0 Å². The predicted molar refractivity (Wildman–Crippen MR) is 53.1 cm³/mol. The van der Waals surface area contributed by atoms with Crippen LogP contribution >= 0.6 is 0 Å². The summed E-state index contributed by atoms with van der Waals surface area (Å²) in [7, 11) is 1.58. The van der Waals surface area contributed by atoms with Gasteiger partial charge in [0.15, 0.2) is 6.61 Å². The minimum atomic E-state index is -0.451. The van der Waals surface area contributed by atoms with Crippen LogP contribution in [0.4, 0.5) is 0 Å². The van der Waals surface area contributed by atoms with Gasteiger partial charge in [0.1, 0.15) is 13.4 Å². The molecule has 0 unspecified atom stereocenters. The Balaban J connectivity index is 3.19. The van der Waals surface area contributed by atoms with Crippen LogP contribution in [0.1, 0.15) is 6.92 Å². The number of methoxy groups -OCH3 is 1. The van der Waals surface area contributed by atoms with E-state index < -0.39 is 5.97 Å². The molecule has 0 aliphatic heterocycles. The van der Waals surface area contributed by atoms with Gasteiger partial charge in [-0.2, -0.15) is 0 Å². The predicted octanol–water partition coefficient (Wildman–Crippen LogP) is 0.190. The van der Waals surface area contributed by atoms with E-state index in [1.54, 1.807) is 14.0 Å². The molecule has 0 atom stereocenters. The van der Waals surface area contributed by atoms with Crippen LogP contribution in [0.15, 0.2) is 0 Å². The lowest BCUT2D eigenvalue weighted by molar-refractivity contribution is -0.153. The first-order valence-corrected chi connectivity index (χ1v) is 4.51. The Morgan fingerprint density at radius 3 is 2.73 bits per heavy atom. The summed E-state index contributed by atoms with van der Waals surface area (Å²) in [6, 6.07) is 0.